The number of anilines is 1. The predicted molar refractivity (Wildman–Crippen MR) is 83.3 cm³/mol. The van der Waals surface area contributed by atoms with E-state index in [2.05, 4.69) is 42.8 Å². The zero-order chi connectivity index (χ0) is 16.1. The van der Waals surface area contributed by atoms with Gasteiger partial charge in [0.15, 0.2) is 5.82 Å². The van der Waals surface area contributed by atoms with Crippen LogP contribution < -0.4 is 16.0 Å². The van der Waals surface area contributed by atoms with Crippen LogP contribution in [0.3, 0.4) is 0 Å². The van der Waals surface area contributed by atoms with E-state index < -0.39 is 10.0 Å². The molecule has 0 bridgehead atoms. The minimum Gasteiger partial charge on any atom is -0.307 e. The molecule has 4 N–H and O–H groups in total. The summed E-state index contributed by atoms with van der Waals surface area (Å²) in [6.07, 6.45) is 1.23. The second kappa shape index (κ2) is 5.08. The largest absolute Gasteiger partial charge is 0.307 e. The molecule has 1 aliphatic carbocycles. The average Bonchev–Trinajstić information content (AvgIpc) is 2.77. The van der Waals surface area contributed by atoms with Gasteiger partial charge < -0.3 is 5.43 Å². The van der Waals surface area contributed by atoms with Crippen LogP contribution in [0, 0.1) is 16.7 Å². The van der Waals surface area contributed by atoms with Crippen LogP contribution in [0.2, 0.25) is 5.02 Å². The van der Waals surface area contributed by atoms with E-state index in [1.165, 1.54) is 12.3 Å². The molecule has 8 heteroatoms. The molecule has 1 fully saturated rings. The molecule has 1 aromatic rings. The lowest BCUT2D eigenvalue weighted by molar-refractivity contribution is 0.457. The number of pyridine rings is 1. The van der Waals surface area contributed by atoms with E-state index in [4.69, 9.17) is 17.4 Å². The Bertz CT molecular complexity index is 644. The van der Waals surface area contributed by atoms with Crippen molar-refractivity contribution in [3.63, 3.8) is 0 Å². The Balaban J connectivity index is 2.12. The molecule has 2 rings (SSSR count). The summed E-state index contributed by atoms with van der Waals surface area (Å²) in [7, 11) is -3.63. The van der Waals surface area contributed by atoms with E-state index in [0.29, 0.717) is 12.5 Å². The highest BCUT2D eigenvalue weighted by molar-refractivity contribution is 7.89. The zero-order valence-electron chi connectivity index (χ0n) is 12.6. The van der Waals surface area contributed by atoms with Gasteiger partial charge >= 0.3 is 0 Å². The Morgan fingerprint density at radius 1 is 1.33 bits per heavy atom. The molecule has 0 spiro atoms. The van der Waals surface area contributed by atoms with Crippen molar-refractivity contribution in [2.45, 2.75) is 32.6 Å². The minimum absolute atomic E-state index is 0.0303. The van der Waals surface area contributed by atoms with E-state index in [-0.39, 0.29) is 26.6 Å². The van der Waals surface area contributed by atoms with Gasteiger partial charge in [0, 0.05) is 12.7 Å². The monoisotopic (exact) mass is 332 g/mol. The lowest BCUT2D eigenvalue weighted by atomic mass is 10.0. The van der Waals surface area contributed by atoms with Crippen molar-refractivity contribution in [3.05, 3.63) is 17.3 Å². The molecular formula is C13H21ClN4O2S. The molecule has 118 valence electrons. The van der Waals surface area contributed by atoms with Crippen molar-refractivity contribution in [2.75, 3.05) is 12.0 Å². The molecule has 0 aromatic carbocycles. The standard InChI is InChI=1S/C13H21ClN4O2S/c1-12(2)10(13(12,3)4)7-17-21(19,20)8-5-9(14)11(18-15)16-6-8/h5-6,10,17H,7,15H2,1-4H3,(H,16,18). The quantitative estimate of drug-likeness (QED) is 0.566. The summed E-state index contributed by atoms with van der Waals surface area (Å²) in [6, 6.07) is 1.33. The van der Waals surface area contributed by atoms with E-state index in [1.54, 1.807) is 0 Å². The van der Waals surface area contributed by atoms with Crippen molar-refractivity contribution < 1.29 is 8.42 Å². The lowest BCUT2D eigenvalue weighted by Gasteiger charge is -2.09. The Kier molecular flexibility index (Phi) is 3.99. The van der Waals surface area contributed by atoms with Crippen LogP contribution in [0.1, 0.15) is 27.7 Å². The summed E-state index contributed by atoms with van der Waals surface area (Å²) in [5, 5.41) is 0.160. The second-order valence-electron chi connectivity index (χ2n) is 6.49. The molecule has 0 saturated heterocycles. The van der Waals surface area contributed by atoms with Crippen LogP contribution in [0.25, 0.3) is 0 Å². The maximum absolute atomic E-state index is 12.3. The molecule has 6 nitrogen and oxygen atoms in total. The first-order valence-electron chi connectivity index (χ1n) is 6.66. The molecule has 21 heavy (non-hydrogen) atoms. The number of rotatable bonds is 5. The topological polar surface area (TPSA) is 97.1 Å². The molecule has 1 saturated carbocycles. The Labute approximate surface area is 130 Å². The average molecular weight is 333 g/mol. The molecule has 0 atom stereocenters. The van der Waals surface area contributed by atoms with E-state index in [1.807, 2.05) is 0 Å². The fraction of sp³-hybridized carbons (Fsp3) is 0.615. The number of hydrogen-bond acceptors (Lipinski definition) is 5. The number of halogens is 1. The maximum atomic E-state index is 12.3. The van der Waals surface area contributed by atoms with Crippen LogP contribution in [0.5, 0.6) is 0 Å². The Morgan fingerprint density at radius 2 is 1.90 bits per heavy atom. The second-order valence-corrected chi connectivity index (χ2v) is 8.67. The number of nitrogen functional groups attached to an aromatic ring is 1. The lowest BCUT2D eigenvalue weighted by Crippen LogP contribution is -2.27. The summed E-state index contributed by atoms with van der Waals surface area (Å²) in [6.45, 7) is 8.98. The van der Waals surface area contributed by atoms with Crippen molar-refractivity contribution in [1.82, 2.24) is 9.71 Å². The molecule has 0 aliphatic heterocycles. The van der Waals surface area contributed by atoms with E-state index in [9.17, 15) is 8.42 Å². The predicted octanol–water partition coefficient (Wildman–Crippen LogP) is 1.98. The first-order chi connectivity index (χ1) is 9.54. The first kappa shape index (κ1) is 16.5. The Hall–Kier alpha value is -0.890. The van der Waals surface area contributed by atoms with Gasteiger partial charge in [-0.2, -0.15) is 0 Å². The smallest absolute Gasteiger partial charge is 0.242 e. The van der Waals surface area contributed by atoms with Gasteiger partial charge in [-0.15, -0.1) is 0 Å². The van der Waals surface area contributed by atoms with Crippen molar-refractivity contribution in [1.29, 1.82) is 0 Å². The van der Waals surface area contributed by atoms with Crippen LogP contribution in [0.4, 0.5) is 5.82 Å². The number of nitrogens with zero attached hydrogens (tertiary/aromatic N) is 1. The van der Waals surface area contributed by atoms with Crippen LogP contribution in [-0.2, 0) is 10.0 Å². The number of hydrazine groups is 1. The van der Waals surface area contributed by atoms with Gasteiger partial charge in [0.25, 0.3) is 0 Å². The van der Waals surface area contributed by atoms with Gasteiger partial charge in [-0.25, -0.2) is 24.0 Å². The fourth-order valence-electron chi connectivity index (χ4n) is 2.79. The molecule has 0 unspecified atom stereocenters. The summed E-state index contributed by atoms with van der Waals surface area (Å²) in [5.74, 6) is 5.75. The van der Waals surface area contributed by atoms with Crippen LogP contribution in [0.15, 0.2) is 17.2 Å². The molecule has 1 aromatic heterocycles. The van der Waals surface area contributed by atoms with Crippen molar-refractivity contribution >= 4 is 27.4 Å². The highest BCUT2D eigenvalue weighted by atomic mass is 35.5. The fourth-order valence-corrected chi connectivity index (χ4v) is 4.10. The summed E-state index contributed by atoms with van der Waals surface area (Å²) >= 11 is 5.90. The van der Waals surface area contributed by atoms with Crippen molar-refractivity contribution in [3.8, 4) is 0 Å². The van der Waals surface area contributed by atoms with Gasteiger partial charge in [-0.3, -0.25) is 0 Å². The summed E-state index contributed by atoms with van der Waals surface area (Å²) < 4.78 is 27.2. The first-order valence-corrected chi connectivity index (χ1v) is 8.52. The number of sulfonamides is 1. The van der Waals surface area contributed by atoms with E-state index in [0.717, 1.165) is 0 Å². The van der Waals surface area contributed by atoms with Gasteiger partial charge in [0.1, 0.15) is 4.90 Å². The van der Waals surface area contributed by atoms with Crippen molar-refractivity contribution in [2.24, 2.45) is 22.6 Å². The number of aromatic nitrogens is 1. The van der Waals surface area contributed by atoms with Crippen LogP contribution >= 0.6 is 11.6 Å². The number of hydrogen-bond donors (Lipinski definition) is 3. The third-order valence-corrected chi connectivity index (χ3v) is 6.74. The van der Waals surface area contributed by atoms with E-state index >= 15 is 0 Å². The number of nitrogens with one attached hydrogen (secondary N) is 2. The molecule has 1 aliphatic rings. The SMILES string of the molecule is CC1(C)C(CNS(=O)(=O)c2cnc(NN)c(Cl)c2)C1(C)C. The minimum atomic E-state index is -3.63. The van der Waals surface area contributed by atoms with Gasteiger partial charge in [-0.1, -0.05) is 39.3 Å². The molecule has 0 amide bonds. The van der Waals surface area contributed by atoms with Gasteiger partial charge in [0.2, 0.25) is 10.0 Å². The maximum Gasteiger partial charge on any atom is 0.242 e. The van der Waals surface area contributed by atoms with Gasteiger partial charge in [0.05, 0.1) is 5.02 Å². The highest BCUT2D eigenvalue weighted by Crippen LogP contribution is 2.67. The summed E-state index contributed by atoms with van der Waals surface area (Å²) in [4.78, 5) is 3.91. The molecular weight excluding hydrogens is 312 g/mol. The third kappa shape index (κ3) is 2.75. The number of nitrogens with two attached hydrogens (primary N) is 1. The summed E-state index contributed by atoms with van der Waals surface area (Å²) in [5.41, 5.74) is 2.54. The third-order valence-electron chi connectivity index (χ3n) is 5.06. The van der Waals surface area contributed by atoms with Crippen LogP contribution in [-0.4, -0.2) is 19.9 Å². The molecule has 1 heterocycles. The zero-order valence-corrected chi connectivity index (χ0v) is 14.1. The Morgan fingerprint density at radius 3 is 2.33 bits per heavy atom. The molecule has 0 radical (unpaired) electrons. The van der Waals surface area contributed by atoms with Gasteiger partial charge in [-0.05, 0) is 22.8 Å². The highest BCUT2D eigenvalue weighted by Gasteiger charge is 2.64. The normalized spacial score (nSPS) is 20.3.